The van der Waals surface area contributed by atoms with Crippen LogP contribution in [0.25, 0.3) is 0 Å². The summed E-state index contributed by atoms with van der Waals surface area (Å²) in [6.07, 6.45) is 1.67. The summed E-state index contributed by atoms with van der Waals surface area (Å²) in [6.45, 7) is 7.89. The number of amides is 1. The lowest BCUT2D eigenvalue weighted by Crippen LogP contribution is -2.35. The normalized spacial score (nSPS) is 11.3. The molecule has 1 amide bonds. The zero-order valence-corrected chi connectivity index (χ0v) is 14.2. The Morgan fingerprint density at radius 3 is 2.52 bits per heavy atom. The van der Waals surface area contributed by atoms with E-state index in [9.17, 15) is 9.59 Å². The fourth-order valence-electron chi connectivity index (χ4n) is 2.19. The van der Waals surface area contributed by atoms with Crippen molar-refractivity contribution in [3.05, 3.63) is 57.5 Å². The first kappa shape index (κ1) is 16.9. The molecule has 2 aromatic rings. The van der Waals surface area contributed by atoms with Crippen LogP contribution in [0, 0.1) is 6.92 Å². The van der Waals surface area contributed by atoms with E-state index >= 15 is 0 Å². The van der Waals surface area contributed by atoms with Gasteiger partial charge < -0.3 is 9.88 Å². The Labute approximate surface area is 135 Å². The van der Waals surface area contributed by atoms with Gasteiger partial charge in [0.05, 0.1) is 17.9 Å². The highest BCUT2D eigenvalue weighted by molar-refractivity contribution is 5.94. The number of carbonyl (C=O) groups excluding carboxylic acids is 1. The molecule has 1 N–H and O–H groups in total. The van der Waals surface area contributed by atoms with Gasteiger partial charge in [0.15, 0.2) is 0 Å². The molecule has 0 radical (unpaired) electrons. The quantitative estimate of drug-likeness (QED) is 0.940. The topological polar surface area (TPSA) is 79.0 Å². The van der Waals surface area contributed by atoms with Crippen molar-refractivity contribution >= 4 is 5.91 Å². The highest BCUT2D eigenvalue weighted by atomic mass is 16.2. The molecule has 0 fully saturated rings. The van der Waals surface area contributed by atoms with Crippen LogP contribution in [0.2, 0.25) is 0 Å². The molecule has 0 spiro atoms. The predicted molar refractivity (Wildman–Crippen MR) is 88.3 cm³/mol. The average Bonchev–Trinajstić information content (AvgIpc) is 2.46. The largest absolute Gasteiger partial charge is 0.336 e. The number of pyridine rings is 1. The number of H-pyrrole nitrogens is 1. The molecule has 2 aromatic heterocycles. The first-order valence-corrected chi connectivity index (χ1v) is 7.47. The molecule has 0 saturated carbocycles. The summed E-state index contributed by atoms with van der Waals surface area (Å²) in [5.74, 6) is 0.214. The van der Waals surface area contributed by atoms with Crippen LogP contribution in [0.4, 0.5) is 0 Å². The third-order valence-electron chi connectivity index (χ3n) is 3.50. The standard InChI is InChI=1S/C17H22N4O2/c1-11-13(14(22)20-16(19-11)17(2,3)4)15(23)21(5)10-12-8-6-7-9-18-12/h6-9H,10H2,1-5H3,(H,19,20,22). The lowest BCUT2D eigenvalue weighted by Gasteiger charge is -2.20. The van der Waals surface area contributed by atoms with E-state index in [0.29, 0.717) is 18.1 Å². The first-order valence-electron chi connectivity index (χ1n) is 7.47. The van der Waals surface area contributed by atoms with E-state index in [1.807, 2.05) is 39.0 Å². The van der Waals surface area contributed by atoms with Crippen molar-refractivity contribution in [2.45, 2.75) is 39.7 Å². The molecule has 23 heavy (non-hydrogen) atoms. The van der Waals surface area contributed by atoms with Gasteiger partial charge in [0.1, 0.15) is 11.4 Å². The van der Waals surface area contributed by atoms with Crippen molar-refractivity contribution in [1.29, 1.82) is 0 Å². The Balaban J connectivity index is 2.31. The third kappa shape index (κ3) is 3.83. The molecular weight excluding hydrogens is 292 g/mol. The summed E-state index contributed by atoms with van der Waals surface area (Å²) in [5, 5.41) is 0. The molecular formula is C17H22N4O2. The number of aryl methyl sites for hydroxylation is 1. The van der Waals surface area contributed by atoms with Crippen LogP contribution in [0.1, 0.15) is 48.3 Å². The molecule has 122 valence electrons. The smallest absolute Gasteiger partial charge is 0.264 e. The minimum atomic E-state index is -0.403. The molecule has 0 unspecified atom stereocenters. The van der Waals surface area contributed by atoms with Gasteiger partial charge in [-0.2, -0.15) is 0 Å². The summed E-state index contributed by atoms with van der Waals surface area (Å²) in [4.78, 5) is 37.7. The average molecular weight is 314 g/mol. The van der Waals surface area contributed by atoms with E-state index in [0.717, 1.165) is 5.69 Å². The Morgan fingerprint density at radius 2 is 2.00 bits per heavy atom. The van der Waals surface area contributed by atoms with Crippen LogP contribution in [0.5, 0.6) is 0 Å². The van der Waals surface area contributed by atoms with Gasteiger partial charge in [-0.25, -0.2) is 4.98 Å². The van der Waals surface area contributed by atoms with E-state index in [-0.39, 0.29) is 16.9 Å². The molecule has 2 rings (SSSR count). The Hall–Kier alpha value is -2.50. The second-order valence-electron chi connectivity index (χ2n) is 6.61. The van der Waals surface area contributed by atoms with Crippen LogP contribution in [-0.2, 0) is 12.0 Å². The lowest BCUT2D eigenvalue weighted by atomic mass is 9.95. The van der Waals surface area contributed by atoms with Crippen molar-refractivity contribution in [2.75, 3.05) is 7.05 Å². The summed E-state index contributed by atoms with van der Waals surface area (Å²) >= 11 is 0. The van der Waals surface area contributed by atoms with Gasteiger partial charge in [-0.3, -0.25) is 14.6 Å². The maximum atomic E-state index is 12.6. The number of rotatable bonds is 3. The van der Waals surface area contributed by atoms with E-state index in [2.05, 4.69) is 15.0 Å². The summed E-state index contributed by atoms with van der Waals surface area (Å²) < 4.78 is 0. The van der Waals surface area contributed by atoms with Crippen molar-refractivity contribution in [2.24, 2.45) is 0 Å². The summed E-state index contributed by atoms with van der Waals surface area (Å²) in [7, 11) is 1.65. The second kappa shape index (κ2) is 6.32. The fourth-order valence-corrected chi connectivity index (χ4v) is 2.19. The van der Waals surface area contributed by atoms with Gasteiger partial charge in [-0.15, -0.1) is 0 Å². The number of nitrogens with zero attached hydrogens (tertiary/aromatic N) is 3. The minimum Gasteiger partial charge on any atom is -0.336 e. The van der Waals surface area contributed by atoms with Gasteiger partial charge in [-0.1, -0.05) is 26.8 Å². The molecule has 0 saturated heterocycles. The molecule has 0 atom stereocenters. The number of nitrogens with one attached hydrogen (secondary N) is 1. The van der Waals surface area contributed by atoms with Crippen molar-refractivity contribution in [3.63, 3.8) is 0 Å². The monoisotopic (exact) mass is 314 g/mol. The predicted octanol–water partition coefficient (Wildman–Crippen LogP) is 2.04. The highest BCUT2D eigenvalue weighted by Gasteiger charge is 2.24. The van der Waals surface area contributed by atoms with Gasteiger partial charge in [0.2, 0.25) is 0 Å². The van der Waals surface area contributed by atoms with E-state index in [1.54, 1.807) is 20.2 Å². The SMILES string of the molecule is Cc1nc(C(C)(C)C)[nH]c(=O)c1C(=O)N(C)Cc1ccccn1. The molecule has 2 heterocycles. The van der Waals surface area contributed by atoms with Crippen molar-refractivity contribution < 1.29 is 4.79 Å². The maximum absolute atomic E-state index is 12.6. The minimum absolute atomic E-state index is 0.0800. The van der Waals surface area contributed by atoms with Crippen LogP contribution in [0.3, 0.4) is 0 Å². The number of hydrogen-bond donors (Lipinski definition) is 1. The van der Waals surface area contributed by atoms with Crippen molar-refractivity contribution in [3.8, 4) is 0 Å². The van der Waals surface area contributed by atoms with Gasteiger partial charge in [0.25, 0.3) is 11.5 Å². The van der Waals surface area contributed by atoms with Gasteiger partial charge in [0, 0.05) is 18.7 Å². The summed E-state index contributed by atoms with van der Waals surface area (Å²) in [5.41, 5.74) is 0.593. The molecule has 0 aromatic carbocycles. The van der Waals surface area contributed by atoms with E-state index in [1.165, 1.54) is 4.90 Å². The molecule has 6 nitrogen and oxygen atoms in total. The number of aromatic nitrogens is 3. The van der Waals surface area contributed by atoms with Crippen LogP contribution in [-0.4, -0.2) is 32.8 Å². The molecule has 0 bridgehead atoms. The summed E-state index contributed by atoms with van der Waals surface area (Å²) in [6, 6.07) is 5.51. The second-order valence-corrected chi connectivity index (χ2v) is 6.61. The van der Waals surface area contributed by atoms with E-state index in [4.69, 9.17) is 0 Å². The number of hydrogen-bond acceptors (Lipinski definition) is 4. The van der Waals surface area contributed by atoms with Gasteiger partial charge >= 0.3 is 0 Å². The number of carbonyl (C=O) groups is 1. The first-order chi connectivity index (χ1) is 10.7. The Morgan fingerprint density at radius 1 is 1.30 bits per heavy atom. The zero-order valence-electron chi connectivity index (χ0n) is 14.2. The lowest BCUT2D eigenvalue weighted by molar-refractivity contribution is 0.0780. The number of aromatic amines is 1. The highest BCUT2D eigenvalue weighted by Crippen LogP contribution is 2.17. The molecule has 0 aliphatic heterocycles. The Bertz CT molecular complexity index is 760. The zero-order chi connectivity index (χ0) is 17.2. The maximum Gasteiger partial charge on any atom is 0.264 e. The van der Waals surface area contributed by atoms with Crippen LogP contribution in [0.15, 0.2) is 29.2 Å². The van der Waals surface area contributed by atoms with Crippen molar-refractivity contribution in [1.82, 2.24) is 19.9 Å². The third-order valence-corrected chi connectivity index (χ3v) is 3.50. The molecule has 6 heteroatoms. The van der Waals surface area contributed by atoms with Crippen LogP contribution < -0.4 is 5.56 Å². The molecule has 0 aliphatic carbocycles. The fraction of sp³-hybridized carbons (Fsp3) is 0.412. The van der Waals surface area contributed by atoms with Gasteiger partial charge in [-0.05, 0) is 19.1 Å². The van der Waals surface area contributed by atoms with E-state index < -0.39 is 5.56 Å². The molecule has 0 aliphatic rings. The Kier molecular flexibility index (Phi) is 4.63. The van der Waals surface area contributed by atoms with Crippen LogP contribution >= 0.6 is 0 Å².